The highest BCUT2D eigenvalue weighted by atomic mass is 32.2. The van der Waals surface area contributed by atoms with Crippen LogP contribution in [0, 0.1) is 11.8 Å². The molecule has 7 heteroatoms. The highest BCUT2D eigenvalue weighted by Crippen LogP contribution is 2.45. The minimum atomic E-state index is -3.50. The third-order valence-corrected chi connectivity index (χ3v) is 7.00. The zero-order valence-electron chi connectivity index (χ0n) is 12.6. The van der Waals surface area contributed by atoms with E-state index in [1.54, 1.807) is 7.05 Å². The SMILES string of the molecule is CC[C@@]1(O)CCC[C@@H]2CN(S(=O)(=O)c3cnn(C)c3)C[C@@H]21. The standard InChI is InChI=1S/C14H23N3O3S/c1-3-14(18)6-4-5-11-8-17(10-13(11)14)21(19,20)12-7-15-16(2)9-12/h7,9,11,13,18H,3-6,8,10H2,1-2H3/t11-,13+,14-/m1/s1. The molecule has 21 heavy (non-hydrogen) atoms. The minimum Gasteiger partial charge on any atom is -0.390 e. The second-order valence-corrected chi connectivity index (χ2v) is 8.33. The van der Waals surface area contributed by atoms with Crippen LogP contribution in [0.25, 0.3) is 0 Å². The van der Waals surface area contributed by atoms with Gasteiger partial charge in [0.15, 0.2) is 0 Å². The van der Waals surface area contributed by atoms with E-state index in [0.29, 0.717) is 19.5 Å². The summed E-state index contributed by atoms with van der Waals surface area (Å²) < 4.78 is 28.4. The van der Waals surface area contributed by atoms with Crippen LogP contribution in [0.1, 0.15) is 32.6 Å². The van der Waals surface area contributed by atoms with E-state index in [1.807, 2.05) is 6.92 Å². The summed E-state index contributed by atoms with van der Waals surface area (Å²) in [5, 5.41) is 14.7. The van der Waals surface area contributed by atoms with E-state index in [4.69, 9.17) is 0 Å². The van der Waals surface area contributed by atoms with Gasteiger partial charge in [0.05, 0.1) is 11.8 Å². The fourth-order valence-corrected chi connectivity index (χ4v) is 5.41. The molecule has 2 aliphatic rings. The Balaban J connectivity index is 1.86. The van der Waals surface area contributed by atoms with E-state index in [0.717, 1.165) is 19.3 Å². The molecule has 1 aromatic rings. The van der Waals surface area contributed by atoms with Gasteiger partial charge in [-0.05, 0) is 25.2 Å². The lowest BCUT2D eigenvalue weighted by Gasteiger charge is -2.40. The molecule has 6 nitrogen and oxygen atoms in total. The van der Waals surface area contributed by atoms with E-state index in [2.05, 4.69) is 5.10 Å². The summed E-state index contributed by atoms with van der Waals surface area (Å²) in [6, 6.07) is 0. The first-order chi connectivity index (χ1) is 9.87. The van der Waals surface area contributed by atoms with Gasteiger partial charge < -0.3 is 5.11 Å². The monoisotopic (exact) mass is 313 g/mol. The number of hydrogen-bond donors (Lipinski definition) is 1. The first kappa shape index (κ1) is 15.0. The van der Waals surface area contributed by atoms with Crippen LogP contribution < -0.4 is 0 Å². The van der Waals surface area contributed by atoms with Crippen molar-refractivity contribution in [1.82, 2.24) is 14.1 Å². The fraction of sp³-hybridized carbons (Fsp3) is 0.786. The van der Waals surface area contributed by atoms with Crippen molar-refractivity contribution in [2.24, 2.45) is 18.9 Å². The topological polar surface area (TPSA) is 75.4 Å². The number of hydrogen-bond acceptors (Lipinski definition) is 4. The van der Waals surface area contributed by atoms with Crippen LogP contribution in [0.4, 0.5) is 0 Å². The Morgan fingerprint density at radius 3 is 2.86 bits per heavy atom. The Morgan fingerprint density at radius 1 is 1.48 bits per heavy atom. The van der Waals surface area contributed by atoms with Crippen molar-refractivity contribution >= 4 is 10.0 Å². The van der Waals surface area contributed by atoms with Gasteiger partial charge in [-0.3, -0.25) is 4.68 Å². The first-order valence-electron chi connectivity index (χ1n) is 7.58. The molecule has 1 aliphatic carbocycles. The Morgan fingerprint density at radius 2 is 2.24 bits per heavy atom. The Labute approximate surface area is 125 Å². The molecular formula is C14H23N3O3S. The number of aromatic nitrogens is 2. The smallest absolute Gasteiger partial charge is 0.246 e. The van der Waals surface area contributed by atoms with Crippen LogP contribution in [0.5, 0.6) is 0 Å². The molecule has 0 aromatic carbocycles. The molecule has 1 saturated heterocycles. The molecule has 0 bridgehead atoms. The highest BCUT2D eigenvalue weighted by molar-refractivity contribution is 7.89. The molecule has 0 unspecified atom stereocenters. The number of fused-ring (bicyclic) bond motifs is 1. The van der Waals surface area contributed by atoms with Crippen LogP contribution in [-0.2, 0) is 17.1 Å². The van der Waals surface area contributed by atoms with E-state index >= 15 is 0 Å². The summed E-state index contributed by atoms with van der Waals surface area (Å²) in [6.45, 7) is 2.93. The Bertz CT molecular complexity index is 627. The zero-order valence-corrected chi connectivity index (χ0v) is 13.4. The molecule has 1 saturated carbocycles. The zero-order chi connectivity index (χ0) is 15.3. The fourth-order valence-electron chi connectivity index (χ4n) is 3.90. The van der Waals surface area contributed by atoms with Gasteiger partial charge in [0, 0.05) is 32.3 Å². The van der Waals surface area contributed by atoms with Crippen molar-refractivity contribution < 1.29 is 13.5 Å². The third kappa shape index (κ3) is 2.41. The van der Waals surface area contributed by atoms with Gasteiger partial charge in [-0.15, -0.1) is 0 Å². The molecule has 2 fully saturated rings. The largest absolute Gasteiger partial charge is 0.390 e. The van der Waals surface area contributed by atoms with Crippen LogP contribution in [0.2, 0.25) is 0 Å². The second-order valence-electron chi connectivity index (χ2n) is 6.39. The molecule has 1 N–H and O–H groups in total. The lowest BCUT2D eigenvalue weighted by Crippen LogP contribution is -2.44. The van der Waals surface area contributed by atoms with Gasteiger partial charge in [-0.25, -0.2) is 8.42 Å². The number of nitrogens with zero attached hydrogens (tertiary/aromatic N) is 3. The Hall–Kier alpha value is -0.920. The van der Waals surface area contributed by atoms with Gasteiger partial charge in [0.1, 0.15) is 4.90 Å². The molecule has 0 radical (unpaired) electrons. The predicted octanol–water partition coefficient (Wildman–Crippen LogP) is 0.982. The number of aryl methyl sites for hydroxylation is 1. The number of rotatable bonds is 3. The third-order valence-electron chi connectivity index (χ3n) is 5.21. The van der Waals surface area contributed by atoms with Crippen LogP contribution in [0.3, 0.4) is 0 Å². The molecule has 3 rings (SSSR count). The molecule has 0 spiro atoms. The molecule has 118 valence electrons. The molecule has 2 heterocycles. The Kier molecular flexibility index (Phi) is 3.62. The van der Waals surface area contributed by atoms with Crippen molar-refractivity contribution in [3.8, 4) is 0 Å². The number of sulfonamides is 1. The highest BCUT2D eigenvalue weighted by Gasteiger charge is 2.50. The van der Waals surface area contributed by atoms with Crippen molar-refractivity contribution in [2.75, 3.05) is 13.1 Å². The molecule has 0 amide bonds. The second kappa shape index (κ2) is 5.07. The van der Waals surface area contributed by atoms with Gasteiger partial charge in [0.25, 0.3) is 0 Å². The normalized spacial score (nSPS) is 34.0. The summed E-state index contributed by atoms with van der Waals surface area (Å²) in [6.07, 6.45) is 6.38. The van der Waals surface area contributed by atoms with Crippen molar-refractivity contribution in [1.29, 1.82) is 0 Å². The van der Waals surface area contributed by atoms with Gasteiger partial charge in [-0.1, -0.05) is 13.3 Å². The minimum absolute atomic E-state index is 0.0581. The maximum absolute atomic E-state index is 12.7. The van der Waals surface area contributed by atoms with Gasteiger partial charge in [0.2, 0.25) is 10.0 Å². The quantitative estimate of drug-likeness (QED) is 0.902. The lowest BCUT2D eigenvalue weighted by molar-refractivity contribution is -0.0605. The average molecular weight is 313 g/mol. The van der Waals surface area contributed by atoms with Gasteiger partial charge >= 0.3 is 0 Å². The maximum Gasteiger partial charge on any atom is 0.246 e. The average Bonchev–Trinajstić information content (AvgIpc) is 3.06. The summed E-state index contributed by atoms with van der Waals surface area (Å²) >= 11 is 0. The first-order valence-corrected chi connectivity index (χ1v) is 9.02. The maximum atomic E-state index is 12.7. The molecular weight excluding hydrogens is 290 g/mol. The number of aliphatic hydroxyl groups is 1. The predicted molar refractivity (Wildman–Crippen MR) is 78.0 cm³/mol. The molecule has 1 aliphatic heterocycles. The summed E-state index contributed by atoms with van der Waals surface area (Å²) in [4.78, 5) is 0.240. The van der Waals surface area contributed by atoms with E-state index in [1.165, 1.54) is 21.4 Å². The van der Waals surface area contributed by atoms with Crippen LogP contribution >= 0.6 is 0 Å². The van der Waals surface area contributed by atoms with Crippen LogP contribution in [-0.4, -0.2) is 46.3 Å². The van der Waals surface area contributed by atoms with Crippen molar-refractivity contribution in [2.45, 2.75) is 43.1 Å². The van der Waals surface area contributed by atoms with Crippen molar-refractivity contribution in [3.05, 3.63) is 12.4 Å². The summed E-state index contributed by atoms with van der Waals surface area (Å²) in [5.41, 5.74) is -0.706. The molecule has 1 aromatic heterocycles. The van der Waals surface area contributed by atoms with E-state index in [9.17, 15) is 13.5 Å². The van der Waals surface area contributed by atoms with Gasteiger partial charge in [-0.2, -0.15) is 9.40 Å². The molecule has 3 atom stereocenters. The van der Waals surface area contributed by atoms with Crippen molar-refractivity contribution in [3.63, 3.8) is 0 Å². The summed E-state index contributed by atoms with van der Waals surface area (Å²) in [5.74, 6) is 0.331. The summed E-state index contributed by atoms with van der Waals surface area (Å²) in [7, 11) is -1.79. The van der Waals surface area contributed by atoms with Crippen LogP contribution in [0.15, 0.2) is 17.3 Å². The lowest BCUT2D eigenvalue weighted by atomic mass is 9.69. The van der Waals surface area contributed by atoms with E-state index in [-0.39, 0.29) is 16.7 Å². The van der Waals surface area contributed by atoms with E-state index < -0.39 is 15.6 Å².